The Bertz CT molecular complexity index is 848. The summed E-state index contributed by atoms with van der Waals surface area (Å²) in [5.74, 6) is -1.39. The summed E-state index contributed by atoms with van der Waals surface area (Å²) in [4.78, 5) is 29.0. The molecule has 0 spiro atoms. The van der Waals surface area contributed by atoms with Crippen LogP contribution in [-0.2, 0) is 9.59 Å². The first kappa shape index (κ1) is 21.1. The summed E-state index contributed by atoms with van der Waals surface area (Å²) < 4.78 is 0. The molecule has 0 radical (unpaired) electrons. The van der Waals surface area contributed by atoms with E-state index in [-0.39, 0.29) is 6.04 Å². The van der Waals surface area contributed by atoms with Gasteiger partial charge in [0.2, 0.25) is 0 Å². The number of nitrogens with one attached hydrogen (secondary N) is 2. The van der Waals surface area contributed by atoms with Crippen LogP contribution in [0.3, 0.4) is 0 Å². The van der Waals surface area contributed by atoms with Gasteiger partial charge in [-0.3, -0.25) is 14.5 Å². The van der Waals surface area contributed by atoms with Crippen LogP contribution in [0.1, 0.15) is 24.4 Å². The minimum absolute atomic E-state index is 0.0331. The lowest BCUT2D eigenvalue weighted by molar-refractivity contribution is -0.136. The molecule has 6 nitrogen and oxygen atoms in total. The molecule has 0 bridgehead atoms. The Hall–Kier alpha value is -2.57. The molecule has 29 heavy (non-hydrogen) atoms. The van der Waals surface area contributed by atoms with Crippen molar-refractivity contribution in [2.75, 3.05) is 43.9 Å². The van der Waals surface area contributed by atoms with Crippen molar-refractivity contribution >= 4 is 34.8 Å². The first-order valence-electron chi connectivity index (χ1n) is 9.81. The lowest BCUT2D eigenvalue weighted by Gasteiger charge is -2.28. The normalized spacial score (nSPS) is 15.0. The van der Waals surface area contributed by atoms with Gasteiger partial charge in [-0.05, 0) is 55.8 Å². The fraction of sp³-hybridized carbons (Fsp3) is 0.364. The zero-order chi connectivity index (χ0) is 20.8. The number of hydrogen-bond acceptors (Lipinski definition) is 4. The highest BCUT2D eigenvalue weighted by Crippen LogP contribution is 2.26. The van der Waals surface area contributed by atoms with Crippen molar-refractivity contribution in [3.8, 4) is 0 Å². The van der Waals surface area contributed by atoms with Crippen molar-refractivity contribution in [3.05, 3.63) is 59.1 Å². The number of nitrogens with zero attached hydrogens (tertiary/aromatic N) is 2. The number of halogens is 1. The van der Waals surface area contributed by atoms with Crippen LogP contribution < -0.4 is 15.5 Å². The maximum Gasteiger partial charge on any atom is 0.313 e. The Morgan fingerprint density at radius 1 is 1.03 bits per heavy atom. The molecule has 0 saturated carbocycles. The monoisotopic (exact) mass is 414 g/mol. The third kappa shape index (κ3) is 5.49. The molecule has 2 aromatic rings. The maximum atomic E-state index is 12.4. The molecule has 0 unspecified atom stereocenters. The Balaban J connectivity index is 1.65. The number of anilines is 2. The zero-order valence-corrected chi connectivity index (χ0v) is 17.6. The van der Waals surface area contributed by atoms with E-state index in [1.54, 1.807) is 24.3 Å². The van der Waals surface area contributed by atoms with E-state index < -0.39 is 11.8 Å². The summed E-state index contributed by atoms with van der Waals surface area (Å²) in [6.07, 6.45) is 2.29. The van der Waals surface area contributed by atoms with Crippen molar-refractivity contribution in [1.29, 1.82) is 0 Å². The predicted octanol–water partition coefficient (Wildman–Crippen LogP) is 3.30. The number of carbonyl (C=O) groups excluding carboxylic acids is 2. The summed E-state index contributed by atoms with van der Waals surface area (Å²) >= 11 is 6.05. The van der Waals surface area contributed by atoms with E-state index in [1.807, 2.05) is 14.1 Å². The Morgan fingerprint density at radius 3 is 2.31 bits per heavy atom. The van der Waals surface area contributed by atoms with Crippen molar-refractivity contribution < 1.29 is 9.59 Å². The zero-order valence-electron chi connectivity index (χ0n) is 16.8. The average Bonchev–Trinajstić information content (AvgIpc) is 3.24. The molecule has 1 aliphatic rings. The SMILES string of the molecule is CN(C)c1ccc([C@@H](CNC(=O)C(=O)Nc2ccccc2Cl)N2CCCC2)cc1. The van der Waals surface area contributed by atoms with Crippen LogP contribution >= 0.6 is 11.6 Å². The Kier molecular flexibility index (Phi) is 7.12. The van der Waals surface area contributed by atoms with Gasteiger partial charge in [0, 0.05) is 26.3 Å². The van der Waals surface area contributed by atoms with Crippen LogP contribution in [0, 0.1) is 0 Å². The van der Waals surface area contributed by atoms with Gasteiger partial charge in [-0.1, -0.05) is 35.9 Å². The van der Waals surface area contributed by atoms with Gasteiger partial charge in [0.1, 0.15) is 0 Å². The average molecular weight is 415 g/mol. The number of para-hydroxylation sites is 1. The molecular formula is C22H27ClN4O2. The maximum absolute atomic E-state index is 12.4. The minimum atomic E-state index is -0.721. The van der Waals surface area contributed by atoms with Gasteiger partial charge in [-0.15, -0.1) is 0 Å². The summed E-state index contributed by atoms with van der Waals surface area (Å²) in [6.45, 7) is 2.35. The van der Waals surface area contributed by atoms with Crippen LogP contribution in [0.25, 0.3) is 0 Å². The highest BCUT2D eigenvalue weighted by Gasteiger charge is 2.25. The largest absolute Gasteiger partial charge is 0.378 e. The second kappa shape index (κ2) is 9.76. The number of carbonyl (C=O) groups is 2. The Labute approximate surface area is 176 Å². The predicted molar refractivity (Wildman–Crippen MR) is 117 cm³/mol. The van der Waals surface area contributed by atoms with E-state index in [9.17, 15) is 9.59 Å². The second-order valence-corrected chi connectivity index (χ2v) is 7.80. The standard InChI is InChI=1S/C22H27ClN4O2/c1-26(2)17-11-9-16(10-12-17)20(27-13-5-6-14-27)15-24-21(28)22(29)25-19-8-4-3-7-18(19)23/h3-4,7-12,20H,5-6,13-15H2,1-2H3,(H,24,28)(H,25,29)/t20-/m1/s1. The molecule has 3 rings (SSSR count). The molecule has 7 heteroatoms. The van der Waals surface area contributed by atoms with Gasteiger partial charge in [0.15, 0.2) is 0 Å². The molecule has 154 valence electrons. The topological polar surface area (TPSA) is 64.7 Å². The Morgan fingerprint density at radius 2 is 1.69 bits per heavy atom. The molecule has 1 heterocycles. The molecule has 1 aliphatic heterocycles. The molecule has 2 N–H and O–H groups in total. The van der Waals surface area contributed by atoms with Gasteiger partial charge in [0.05, 0.1) is 16.8 Å². The quantitative estimate of drug-likeness (QED) is 0.712. The molecule has 0 aromatic heterocycles. The highest BCUT2D eigenvalue weighted by atomic mass is 35.5. The molecule has 0 aliphatic carbocycles. The van der Waals surface area contributed by atoms with E-state index >= 15 is 0 Å². The number of rotatable bonds is 6. The highest BCUT2D eigenvalue weighted by molar-refractivity contribution is 6.41. The van der Waals surface area contributed by atoms with Crippen LogP contribution in [0.4, 0.5) is 11.4 Å². The van der Waals surface area contributed by atoms with E-state index in [0.29, 0.717) is 17.3 Å². The van der Waals surface area contributed by atoms with Gasteiger partial charge in [-0.2, -0.15) is 0 Å². The number of amides is 2. The van der Waals surface area contributed by atoms with Gasteiger partial charge in [-0.25, -0.2) is 0 Å². The van der Waals surface area contributed by atoms with Gasteiger partial charge < -0.3 is 15.5 Å². The summed E-state index contributed by atoms with van der Waals surface area (Å²) in [7, 11) is 4.01. The van der Waals surface area contributed by atoms with Crippen molar-refractivity contribution in [1.82, 2.24) is 10.2 Å². The van der Waals surface area contributed by atoms with Crippen molar-refractivity contribution in [3.63, 3.8) is 0 Å². The van der Waals surface area contributed by atoms with E-state index in [4.69, 9.17) is 11.6 Å². The summed E-state index contributed by atoms with van der Waals surface area (Å²) in [5.41, 5.74) is 2.67. The minimum Gasteiger partial charge on any atom is -0.378 e. The number of hydrogen-bond donors (Lipinski definition) is 2. The molecule has 1 fully saturated rings. The first-order chi connectivity index (χ1) is 14.0. The van der Waals surface area contributed by atoms with Crippen molar-refractivity contribution in [2.24, 2.45) is 0 Å². The molecular weight excluding hydrogens is 388 g/mol. The summed E-state index contributed by atoms with van der Waals surface area (Å²) in [5, 5.41) is 5.74. The van der Waals surface area contributed by atoms with Crippen LogP contribution in [-0.4, -0.2) is 50.4 Å². The smallest absolute Gasteiger partial charge is 0.313 e. The van der Waals surface area contributed by atoms with Crippen LogP contribution in [0.2, 0.25) is 5.02 Å². The van der Waals surface area contributed by atoms with Crippen LogP contribution in [0.15, 0.2) is 48.5 Å². The van der Waals surface area contributed by atoms with Gasteiger partial charge >= 0.3 is 11.8 Å². The first-order valence-corrected chi connectivity index (χ1v) is 10.2. The van der Waals surface area contributed by atoms with Gasteiger partial charge in [0.25, 0.3) is 0 Å². The van der Waals surface area contributed by atoms with E-state index in [1.165, 1.54) is 0 Å². The molecule has 1 atom stereocenters. The number of likely N-dealkylation sites (tertiary alicyclic amines) is 1. The third-order valence-corrected chi connectivity index (χ3v) is 5.49. The fourth-order valence-electron chi connectivity index (χ4n) is 3.52. The van der Waals surface area contributed by atoms with E-state index in [0.717, 1.165) is 37.2 Å². The third-order valence-electron chi connectivity index (χ3n) is 5.16. The lowest BCUT2D eigenvalue weighted by Crippen LogP contribution is -2.41. The molecule has 2 aromatic carbocycles. The fourth-order valence-corrected chi connectivity index (χ4v) is 3.70. The number of benzene rings is 2. The van der Waals surface area contributed by atoms with Crippen LogP contribution in [0.5, 0.6) is 0 Å². The second-order valence-electron chi connectivity index (χ2n) is 7.39. The van der Waals surface area contributed by atoms with Crippen molar-refractivity contribution in [2.45, 2.75) is 18.9 Å². The van der Waals surface area contributed by atoms with E-state index in [2.05, 4.69) is 44.7 Å². The molecule has 1 saturated heterocycles. The summed E-state index contributed by atoms with van der Waals surface area (Å²) in [6, 6.07) is 15.2. The lowest BCUT2D eigenvalue weighted by atomic mass is 10.0. The molecule has 2 amide bonds.